The summed E-state index contributed by atoms with van der Waals surface area (Å²) < 4.78 is 1.99. The van der Waals surface area contributed by atoms with Gasteiger partial charge in [-0.3, -0.25) is 4.40 Å². The maximum atomic E-state index is 6.32. The predicted octanol–water partition coefficient (Wildman–Crippen LogP) is 4.56. The standard InChI is InChI=1S/C20H17N3/c1-14-6-5-9-18-22-19(20(21)23(14)18)17-12-10-16(11-13-17)15-7-3-2-4-8-15/h2-13H,21H2,1H3. The van der Waals surface area contributed by atoms with Crippen LogP contribution in [0.25, 0.3) is 28.0 Å². The van der Waals surface area contributed by atoms with Gasteiger partial charge in [-0.1, -0.05) is 60.7 Å². The number of pyridine rings is 1. The van der Waals surface area contributed by atoms with Gasteiger partial charge in [-0.05, 0) is 30.2 Å². The van der Waals surface area contributed by atoms with Crippen molar-refractivity contribution in [1.29, 1.82) is 0 Å². The molecule has 3 heteroatoms. The highest BCUT2D eigenvalue weighted by atomic mass is 15.1. The second-order valence-corrected chi connectivity index (χ2v) is 5.65. The highest BCUT2D eigenvalue weighted by Crippen LogP contribution is 2.29. The summed E-state index contributed by atoms with van der Waals surface area (Å²) in [7, 11) is 0. The van der Waals surface area contributed by atoms with E-state index in [-0.39, 0.29) is 0 Å². The maximum Gasteiger partial charge on any atom is 0.139 e. The molecule has 3 nitrogen and oxygen atoms in total. The number of nitrogens with two attached hydrogens (primary N) is 1. The third-order valence-corrected chi connectivity index (χ3v) is 4.14. The molecule has 0 spiro atoms. The molecule has 2 aromatic carbocycles. The van der Waals surface area contributed by atoms with Crippen molar-refractivity contribution >= 4 is 11.5 Å². The van der Waals surface area contributed by atoms with E-state index >= 15 is 0 Å². The molecule has 4 aromatic rings. The number of hydrogen-bond acceptors (Lipinski definition) is 2. The smallest absolute Gasteiger partial charge is 0.139 e. The van der Waals surface area contributed by atoms with Gasteiger partial charge in [0.15, 0.2) is 0 Å². The first kappa shape index (κ1) is 13.6. The van der Waals surface area contributed by atoms with Crippen molar-refractivity contribution in [1.82, 2.24) is 9.38 Å². The van der Waals surface area contributed by atoms with E-state index in [4.69, 9.17) is 5.73 Å². The fourth-order valence-corrected chi connectivity index (χ4v) is 2.95. The van der Waals surface area contributed by atoms with Crippen molar-refractivity contribution in [2.24, 2.45) is 0 Å². The molecule has 0 radical (unpaired) electrons. The molecule has 0 bridgehead atoms. The van der Waals surface area contributed by atoms with Gasteiger partial charge < -0.3 is 5.73 Å². The number of hydrogen-bond donors (Lipinski definition) is 1. The van der Waals surface area contributed by atoms with Crippen LogP contribution in [0, 0.1) is 6.92 Å². The number of imidazole rings is 1. The Hall–Kier alpha value is -3.07. The van der Waals surface area contributed by atoms with Gasteiger partial charge >= 0.3 is 0 Å². The second kappa shape index (κ2) is 5.29. The Morgan fingerprint density at radius 2 is 1.39 bits per heavy atom. The van der Waals surface area contributed by atoms with Crippen LogP contribution in [0.3, 0.4) is 0 Å². The summed E-state index contributed by atoms with van der Waals surface area (Å²) in [5.74, 6) is 0.686. The topological polar surface area (TPSA) is 43.3 Å². The zero-order chi connectivity index (χ0) is 15.8. The molecule has 0 aliphatic carbocycles. The van der Waals surface area contributed by atoms with E-state index in [9.17, 15) is 0 Å². The van der Waals surface area contributed by atoms with Crippen molar-refractivity contribution in [3.05, 3.63) is 78.5 Å². The van der Waals surface area contributed by atoms with Crippen molar-refractivity contribution in [3.8, 4) is 22.4 Å². The Balaban J connectivity index is 1.80. The first-order valence-electron chi connectivity index (χ1n) is 7.63. The average molecular weight is 299 g/mol. The number of nitrogens with zero attached hydrogens (tertiary/aromatic N) is 2. The third-order valence-electron chi connectivity index (χ3n) is 4.14. The minimum absolute atomic E-state index is 0.686. The molecule has 0 fully saturated rings. The van der Waals surface area contributed by atoms with Gasteiger partial charge in [-0.15, -0.1) is 0 Å². The third kappa shape index (κ3) is 2.27. The zero-order valence-electron chi connectivity index (χ0n) is 12.9. The Bertz CT molecular complexity index is 967. The summed E-state index contributed by atoms with van der Waals surface area (Å²) in [4.78, 5) is 4.68. The monoisotopic (exact) mass is 299 g/mol. The zero-order valence-corrected chi connectivity index (χ0v) is 12.9. The van der Waals surface area contributed by atoms with Gasteiger partial charge in [0.1, 0.15) is 17.2 Å². The van der Waals surface area contributed by atoms with Gasteiger partial charge in [0.25, 0.3) is 0 Å². The van der Waals surface area contributed by atoms with Crippen LogP contribution in [0.4, 0.5) is 5.82 Å². The van der Waals surface area contributed by atoms with Crippen LogP contribution in [0.15, 0.2) is 72.8 Å². The lowest BCUT2D eigenvalue weighted by Gasteiger charge is -2.04. The fraction of sp³-hybridized carbons (Fsp3) is 0.0500. The number of aromatic nitrogens is 2. The Kier molecular flexibility index (Phi) is 3.12. The maximum absolute atomic E-state index is 6.32. The molecular weight excluding hydrogens is 282 g/mol. The highest BCUT2D eigenvalue weighted by molar-refractivity contribution is 5.77. The molecule has 0 saturated carbocycles. The van der Waals surface area contributed by atoms with E-state index < -0.39 is 0 Å². The number of aryl methyl sites for hydroxylation is 1. The first-order valence-corrected chi connectivity index (χ1v) is 7.63. The molecule has 2 aromatic heterocycles. The molecule has 0 amide bonds. The summed E-state index contributed by atoms with van der Waals surface area (Å²) >= 11 is 0. The van der Waals surface area contributed by atoms with Gasteiger partial charge in [0, 0.05) is 11.3 Å². The highest BCUT2D eigenvalue weighted by Gasteiger charge is 2.12. The van der Waals surface area contributed by atoms with Gasteiger partial charge in [-0.25, -0.2) is 4.98 Å². The van der Waals surface area contributed by atoms with E-state index in [1.54, 1.807) is 0 Å². The normalized spacial score (nSPS) is 11.0. The second-order valence-electron chi connectivity index (χ2n) is 5.65. The fourth-order valence-electron chi connectivity index (χ4n) is 2.95. The molecule has 4 rings (SSSR count). The molecule has 0 saturated heterocycles. The average Bonchev–Trinajstić information content (AvgIpc) is 2.94. The largest absolute Gasteiger partial charge is 0.383 e. The molecule has 0 aliphatic heterocycles. The van der Waals surface area contributed by atoms with E-state index in [1.807, 2.05) is 47.7 Å². The van der Waals surface area contributed by atoms with Crippen LogP contribution in [-0.2, 0) is 0 Å². The molecule has 23 heavy (non-hydrogen) atoms. The van der Waals surface area contributed by atoms with Gasteiger partial charge in [-0.2, -0.15) is 0 Å². The summed E-state index contributed by atoms with van der Waals surface area (Å²) in [6.07, 6.45) is 0. The minimum atomic E-state index is 0.686. The lowest BCUT2D eigenvalue weighted by atomic mass is 10.0. The number of fused-ring (bicyclic) bond motifs is 1. The first-order chi connectivity index (χ1) is 11.2. The summed E-state index contributed by atoms with van der Waals surface area (Å²) in [5.41, 5.74) is 12.5. The number of rotatable bonds is 2. The minimum Gasteiger partial charge on any atom is -0.383 e. The van der Waals surface area contributed by atoms with E-state index in [0.717, 1.165) is 22.6 Å². The van der Waals surface area contributed by atoms with Crippen LogP contribution in [-0.4, -0.2) is 9.38 Å². The molecule has 2 N–H and O–H groups in total. The number of nitrogen functional groups attached to an aromatic ring is 1. The number of anilines is 1. The van der Waals surface area contributed by atoms with Crippen LogP contribution >= 0.6 is 0 Å². The lowest BCUT2D eigenvalue weighted by Crippen LogP contribution is -1.97. The lowest BCUT2D eigenvalue weighted by molar-refractivity contribution is 1.10. The summed E-state index contributed by atoms with van der Waals surface area (Å²) in [5, 5.41) is 0. The Labute approximate surface area is 135 Å². The quantitative estimate of drug-likeness (QED) is 0.589. The Morgan fingerprint density at radius 3 is 2.09 bits per heavy atom. The van der Waals surface area contributed by atoms with Gasteiger partial charge in [0.2, 0.25) is 0 Å². The summed E-state index contributed by atoms with van der Waals surface area (Å²) in [6, 6.07) is 24.7. The van der Waals surface area contributed by atoms with Crippen molar-refractivity contribution in [3.63, 3.8) is 0 Å². The predicted molar refractivity (Wildman–Crippen MR) is 95.2 cm³/mol. The molecule has 2 heterocycles. The molecular formula is C20H17N3. The van der Waals surface area contributed by atoms with Crippen molar-refractivity contribution in [2.75, 3.05) is 5.73 Å². The summed E-state index contributed by atoms with van der Waals surface area (Å²) in [6.45, 7) is 2.04. The molecule has 112 valence electrons. The van der Waals surface area contributed by atoms with Crippen molar-refractivity contribution in [2.45, 2.75) is 6.92 Å². The SMILES string of the molecule is Cc1cccc2nc(-c3ccc(-c4ccccc4)cc3)c(N)n12. The Morgan fingerprint density at radius 1 is 0.739 bits per heavy atom. The van der Waals surface area contributed by atoms with Crippen LogP contribution in [0.1, 0.15) is 5.69 Å². The van der Waals surface area contributed by atoms with Crippen LogP contribution in [0.2, 0.25) is 0 Å². The van der Waals surface area contributed by atoms with Crippen LogP contribution in [0.5, 0.6) is 0 Å². The van der Waals surface area contributed by atoms with E-state index in [2.05, 4.69) is 41.4 Å². The van der Waals surface area contributed by atoms with E-state index in [0.29, 0.717) is 5.82 Å². The molecule has 0 atom stereocenters. The van der Waals surface area contributed by atoms with Crippen molar-refractivity contribution < 1.29 is 0 Å². The van der Waals surface area contributed by atoms with Gasteiger partial charge in [0.05, 0.1) is 0 Å². The number of benzene rings is 2. The van der Waals surface area contributed by atoms with E-state index in [1.165, 1.54) is 11.1 Å². The van der Waals surface area contributed by atoms with Crippen LogP contribution < -0.4 is 5.73 Å². The molecule has 0 unspecified atom stereocenters. The molecule has 0 aliphatic rings.